The molecule has 3 atom stereocenters. The van der Waals surface area contributed by atoms with Gasteiger partial charge in [-0.1, -0.05) is 19.9 Å². The van der Waals surface area contributed by atoms with Gasteiger partial charge in [0.05, 0.1) is 0 Å². The molecule has 2 rings (SSSR count). The van der Waals surface area contributed by atoms with E-state index in [-0.39, 0.29) is 0 Å². The number of hydrogen-bond donors (Lipinski definition) is 1. The van der Waals surface area contributed by atoms with Crippen molar-refractivity contribution in [3.63, 3.8) is 0 Å². The average molecular weight is 291 g/mol. The van der Waals surface area contributed by atoms with Crippen molar-refractivity contribution in [2.24, 2.45) is 11.8 Å². The van der Waals surface area contributed by atoms with Gasteiger partial charge in [-0.05, 0) is 55.4 Å². The van der Waals surface area contributed by atoms with Gasteiger partial charge in [0.25, 0.3) is 0 Å². The van der Waals surface area contributed by atoms with Crippen LogP contribution in [0.25, 0.3) is 0 Å². The van der Waals surface area contributed by atoms with Crippen molar-refractivity contribution < 1.29 is 9.84 Å². The molecule has 0 amide bonds. The average Bonchev–Trinajstić information content (AvgIpc) is 2.34. The highest BCUT2D eigenvalue weighted by molar-refractivity contribution is 5.32. The summed E-state index contributed by atoms with van der Waals surface area (Å²) in [5, 5.41) is 10.2. The maximum Gasteiger partial charge on any atom is 0.119 e. The van der Waals surface area contributed by atoms with Crippen molar-refractivity contribution in [3.05, 3.63) is 29.3 Å². The molecule has 3 heteroatoms. The largest absolute Gasteiger partial charge is 0.491 e. The first-order valence-electron chi connectivity index (χ1n) is 8.04. The first-order valence-corrected chi connectivity index (χ1v) is 8.04. The molecule has 118 valence electrons. The molecule has 0 radical (unpaired) electrons. The highest BCUT2D eigenvalue weighted by Gasteiger charge is 2.23. The molecule has 21 heavy (non-hydrogen) atoms. The summed E-state index contributed by atoms with van der Waals surface area (Å²) in [7, 11) is 0. The maximum absolute atomic E-state index is 10.2. The summed E-state index contributed by atoms with van der Waals surface area (Å²) in [6.07, 6.45) is 0.870. The van der Waals surface area contributed by atoms with Crippen LogP contribution in [0.5, 0.6) is 5.75 Å². The van der Waals surface area contributed by atoms with Crippen molar-refractivity contribution in [2.75, 3.05) is 26.2 Å². The Morgan fingerprint density at radius 3 is 2.29 bits per heavy atom. The molecule has 0 spiro atoms. The van der Waals surface area contributed by atoms with Crippen LogP contribution in [0, 0.1) is 25.7 Å². The predicted octanol–water partition coefficient (Wildman–Crippen LogP) is 3.02. The van der Waals surface area contributed by atoms with Crippen LogP contribution in [0.1, 0.15) is 31.4 Å². The lowest BCUT2D eigenvalue weighted by atomic mass is 9.92. The molecule has 3 nitrogen and oxygen atoms in total. The number of aliphatic hydroxyl groups is 1. The van der Waals surface area contributed by atoms with Gasteiger partial charge >= 0.3 is 0 Å². The Kier molecular flexibility index (Phi) is 5.65. The second-order valence-electron chi connectivity index (χ2n) is 6.95. The molecule has 0 bridgehead atoms. The summed E-state index contributed by atoms with van der Waals surface area (Å²) in [4.78, 5) is 2.37. The zero-order valence-corrected chi connectivity index (χ0v) is 13.8. The second kappa shape index (κ2) is 7.28. The van der Waals surface area contributed by atoms with Crippen LogP contribution in [0.15, 0.2) is 18.2 Å². The molecule has 1 aromatic carbocycles. The van der Waals surface area contributed by atoms with E-state index in [0.29, 0.717) is 13.2 Å². The fourth-order valence-corrected chi connectivity index (χ4v) is 3.50. The number of nitrogens with zero attached hydrogens (tertiary/aromatic N) is 1. The molecule has 1 aromatic rings. The molecular weight excluding hydrogens is 262 g/mol. The van der Waals surface area contributed by atoms with E-state index in [4.69, 9.17) is 4.74 Å². The summed E-state index contributed by atoms with van der Waals surface area (Å²) < 4.78 is 5.75. The van der Waals surface area contributed by atoms with E-state index in [1.807, 2.05) is 12.1 Å². The summed E-state index contributed by atoms with van der Waals surface area (Å²) in [6, 6.07) is 6.16. The van der Waals surface area contributed by atoms with E-state index in [1.54, 1.807) is 0 Å². The topological polar surface area (TPSA) is 32.7 Å². The molecule has 1 N–H and O–H groups in total. The standard InChI is InChI=1S/C18H29NO2/c1-13-5-14(2)8-18(7-13)21-12-17(20)11-19-9-15(3)6-16(4)10-19/h5,7-8,15-17,20H,6,9-12H2,1-4H3/t15-,16+,17-/m1/s1. The van der Waals surface area contributed by atoms with E-state index < -0.39 is 6.10 Å². The summed E-state index contributed by atoms with van der Waals surface area (Å²) in [6.45, 7) is 12.0. The molecule has 0 aromatic heterocycles. The van der Waals surface area contributed by atoms with Gasteiger partial charge in [-0.25, -0.2) is 0 Å². The number of rotatable bonds is 5. The first-order chi connectivity index (χ1) is 9.92. The Bertz CT molecular complexity index is 430. The quantitative estimate of drug-likeness (QED) is 0.905. The Balaban J connectivity index is 1.80. The molecule has 1 fully saturated rings. The minimum Gasteiger partial charge on any atom is -0.491 e. The van der Waals surface area contributed by atoms with Gasteiger partial charge in [0, 0.05) is 19.6 Å². The summed E-state index contributed by atoms with van der Waals surface area (Å²) in [5.41, 5.74) is 2.39. The van der Waals surface area contributed by atoms with Crippen molar-refractivity contribution in [3.8, 4) is 5.75 Å². The van der Waals surface area contributed by atoms with Crippen LogP contribution in [-0.4, -0.2) is 42.4 Å². The van der Waals surface area contributed by atoms with Gasteiger partial charge in [0.15, 0.2) is 0 Å². The highest BCUT2D eigenvalue weighted by Crippen LogP contribution is 2.21. The van der Waals surface area contributed by atoms with Gasteiger partial charge in [0.2, 0.25) is 0 Å². The lowest BCUT2D eigenvalue weighted by Gasteiger charge is -2.35. The molecular formula is C18H29NO2. The minimum absolute atomic E-state index is 0.363. The number of benzene rings is 1. The van der Waals surface area contributed by atoms with E-state index in [2.05, 4.69) is 38.7 Å². The van der Waals surface area contributed by atoms with Crippen molar-refractivity contribution in [2.45, 2.75) is 40.2 Å². The van der Waals surface area contributed by atoms with Crippen molar-refractivity contribution >= 4 is 0 Å². The normalized spacial score (nSPS) is 24.8. The third kappa shape index (κ3) is 5.33. The van der Waals surface area contributed by atoms with Crippen molar-refractivity contribution in [1.82, 2.24) is 4.90 Å². The number of β-amino-alcohol motifs (C(OH)–C–C–N with tert-alkyl or cyclic N) is 1. The molecule has 1 saturated heterocycles. The van der Waals surface area contributed by atoms with Crippen LogP contribution in [0.2, 0.25) is 0 Å². The van der Waals surface area contributed by atoms with Gasteiger partial charge in [-0.15, -0.1) is 0 Å². The first kappa shape index (κ1) is 16.3. The third-order valence-corrected chi connectivity index (χ3v) is 4.05. The zero-order valence-electron chi connectivity index (χ0n) is 13.8. The monoisotopic (exact) mass is 291 g/mol. The lowest BCUT2D eigenvalue weighted by Crippen LogP contribution is -2.44. The number of aliphatic hydroxyl groups excluding tert-OH is 1. The van der Waals surface area contributed by atoms with Crippen LogP contribution in [0.3, 0.4) is 0 Å². The molecule has 0 unspecified atom stereocenters. The lowest BCUT2D eigenvalue weighted by molar-refractivity contribution is 0.0428. The van der Waals surface area contributed by atoms with Crippen LogP contribution >= 0.6 is 0 Å². The van der Waals surface area contributed by atoms with Crippen LogP contribution < -0.4 is 4.74 Å². The van der Waals surface area contributed by atoms with Gasteiger partial charge in [0.1, 0.15) is 18.5 Å². The van der Waals surface area contributed by atoms with E-state index in [1.165, 1.54) is 17.5 Å². The van der Waals surface area contributed by atoms with Crippen LogP contribution in [0.4, 0.5) is 0 Å². The van der Waals surface area contributed by atoms with Crippen molar-refractivity contribution in [1.29, 1.82) is 0 Å². The van der Waals surface area contributed by atoms with Gasteiger partial charge < -0.3 is 14.7 Å². The number of hydrogen-bond acceptors (Lipinski definition) is 3. The highest BCUT2D eigenvalue weighted by atomic mass is 16.5. The summed E-state index contributed by atoms with van der Waals surface area (Å²) >= 11 is 0. The SMILES string of the molecule is Cc1cc(C)cc(OC[C@H](O)CN2C[C@H](C)C[C@H](C)C2)c1. The Morgan fingerprint density at radius 2 is 1.71 bits per heavy atom. The van der Waals surface area contributed by atoms with E-state index >= 15 is 0 Å². The van der Waals surface area contributed by atoms with E-state index in [9.17, 15) is 5.11 Å². The Labute approximate surface area is 128 Å². The second-order valence-corrected chi connectivity index (χ2v) is 6.95. The molecule has 1 aliphatic rings. The zero-order chi connectivity index (χ0) is 15.4. The molecule has 1 aliphatic heterocycles. The number of piperidine rings is 1. The number of ether oxygens (including phenoxy) is 1. The fourth-order valence-electron chi connectivity index (χ4n) is 3.50. The predicted molar refractivity (Wildman–Crippen MR) is 86.8 cm³/mol. The molecule has 0 saturated carbocycles. The number of likely N-dealkylation sites (tertiary alicyclic amines) is 1. The van der Waals surface area contributed by atoms with Crippen LogP contribution in [-0.2, 0) is 0 Å². The molecule has 0 aliphatic carbocycles. The minimum atomic E-state index is -0.427. The third-order valence-electron chi connectivity index (χ3n) is 4.05. The Morgan fingerprint density at radius 1 is 1.14 bits per heavy atom. The summed E-state index contributed by atoms with van der Waals surface area (Å²) in [5.74, 6) is 2.30. The van der Waals surface area contributed by atoms with E-state index in [0.717, 1.165) is 30.7 Å². The van der Waals surface area contributed by atoms with Gasteiger partial charge in [-0.2, -0.15) is 0 Å². The number of aryl methyl sites for hydroxylation is 2. The van der Waals surface area contributed by atoms with Gasteiger partial charge in [-0.3, -0.25) is 0 Å². The fraction of sp³-hybridized carbons (Fsp3) is 0.667. The molecule has 1 heterocycles. The maximum atomic E-state index is 10.2. The smallest absolute Gasteiger partial charge is 0.119 e. The Hall–Kier alpha value is -1.06.